The molecule has 27 heavy (non-hydrogen) atoms. The molecule has 0 aliphatic carbocycles. The van der Waals surface area contributed by atoms with Crippen LogP contribution in [-0.2, 0) is 6.42 Å². The largest absolute Gasteiger partial charge is 0.465 e. The van der Waals surface area contributed by atoms with Crippen molar-refractivity contribution in [2.24, 2.45) is 0 Å². The summed E-state index contributed by atoms with van der Waals surface area (Å²) in [7, 11) is 0. The van der Waals surface area contributed by atoms with E-state index in [2.05, 4.69) is 15.6 Å². The number of anilines is 2. The van der Waals surface area contributed by atoms with Crippen molar-refractivity contribution in [1.82, 2.24) is 10.3 Å². The third-order valence-corrected chi connectivity index (χ3v) is 4.49. The summed E-state index contributed by atoms with van der Waals surface area (Å²) in [6.45, 7) is 2.02. The summed E-state index contributed by atoms with van der Waals surface area (Å²) < 4.78 is 0. The average molecular weight is 364 g/mol. The van der Waals surface area contributed by atoms with Crippen LogP contribution in [0.2, 0.25) is 0 Å². The maximum absolute atomic E-state index is 11.2. The van der Waals surface area contributed by atoms with Gasteiger partial charge in [-0.3, -0.25) is 4.98 Å². The molecule has 0 radical (unpaired) electrons. The van der Waals surface area contributed by atoms with Gasteiger partial charge in [-0.2, -0.15) is 0 Å². The highest BCUT2D eigenvalue weighted by Crippen LogP contribution is 2.28. The number of hydrogen-bond acceptors (Lipinski definition) is 4. The summed E-state index contributed by atoms with van der Waals surface area (Å²) in [5, 5.41) is 16.2. The van der Waals surface area contributed by atoms with Gasteiger partial charge in [-0.1, -0.05) is 48.5 Å². The van der Waals surface area contributed by atoms with Crippen LogP contribution in [0.15, 0.2) is 60.8 Å². The van der Waals surface area contributed by atoms with Gasteiger partial charge in [-0.05, 0) is 31.4 Å². The number of pyridine rings is 1. The standard InChI is InChI=1S/C21H24N4O2/c1-14(11-16(25-21(26)27)12-15-7-3-2-4-8-15)24-20-17-9-5-6-10-19(17)23-13-18(20)22/h2-10,13-14,16,25H,11-12,22H2,1H3,(H,23,24)(H,26,27)/t14-,16?/m1/s1. The number of carbonyl (C=O) groups is 1. The molecule has 1 amide bonds. The number of fused-ring (bicyclic) bond motifs is 1. The third kappa shape index (κ3) is 4.88. The van der Waals surface area contributed by atoms with Crippen LogP contribution in [0.4, 0.5) is 16.2 Å². The first-order chi connectivity index (χ1) is 13.0. The maximum atomic E-state index is 11.2. The topological polar surface area (TPSA) is 100 Å². The van der Waals surface area contributed by atoms with Crippen molar-refractivity contribution in [2.75, 3.05) is 11.1 Å². The molecule has 0 spiro atoms. The highest BCUT2D eigenvalue weighted by molar-refractivity contribution is 5.96. The molecule has 5 N–H and O–H groups in total. The number of nitrogens with one attached hydrogen (secondary N) is 2. The summed E-state index contributed by atoms with van der Waals surface area (Å²) in [5.41, 5.74) is 9.51. The minimum atomic E-state index is -1.02. The minimum Gasteiger partial charge on any atom is -0.465 e. The summed E-state index contributed by atoms with van der Waals surface area (Å²) >= 11 is 0. The number of hydrogen-bond donors (Lipinski definition) is 4. The molecule has 2 aromatic carbocycles. The number of nitrogen functional groups attached to an aromatic ring is 1. The Morgan fingerprint density at radius 3 is 2.59 bits per heavy atom. The normalized spacial score (nSPS) is 13.1. The number of rotatable bonds is 7. The Morgan fingerprint density at radius 1 is 1.15 bits per heavy atom. The van der Waals surface area contributed by atoms with Crippen molar-refractivity contribution in [3.63, 3.8) is 0 Å². The van der Waals surface area contributed by atoms with Gasteiger partial charge in [0.2, 0.25) is 0 Å². The zero-order valence-electron chi connectivity index (χ0n) is 15.2. The van der Waals surface area contributed by atoms with E-state index in [4.69, 9.17) is 5.73 Å². The molecule has 6 heteroatoms. The van der Waals surface area contributed by atoms with Gasteiger partial charge in [-0.15, -0.1) is 0 Å². The summed E-state index contributed by atoms with van der Waals surface area (Å²) in [5.74, 6) is 0. The lowest BCUT2D eigenvalue weighted by Crippen LogP contribution is -2.39. The Bertz CT molecular complexity index is 914. The summed E-state index contributed by atoms with van der Waals surface area (Å²) in [6, 6.07) is 17.5. The monoisotopic (exact) mass is 364 g/mol. The Morgan fingerprint density at radius 2 is 1.85 bits per heavy atom. The number of benzene rings is 2. The van der Waals surface area contributed by atoms with Crippen molar-refractivity contribution in [1.29, 1.82) is 0 Å². The van der Waals surface area contributed by atoms with Gasteiger partial charge in [0.25, 0.3) is 0 Å². The summed E-state index contributed by atoms with van der Waals surface area (Å²) in [4.78, 5) is 15.6. The fourth-order valence-corrected chi connectivity index (χ4v) is 3.32. The molecule has 1 aromatic heterocycles. The first kappa shape index (κ1) is 18.5. The SMILES string of the molecule is C[C@H](CC(Cc1ccccc1)NC(=O)O)Nc1c(N)cnc2ccccc12. The molecule has 0 saturated heterocycles. The molecule has 1 unspecified atom stereocenters. The van der Waals surface area contributed by atoms with E-state index >= 15 is 0 Å². The van der Waals surface area contributed by atoms with E-state index in [0.717, 1.165) is 22.2 Å². The lowest BCUT2D eigenvalue weighted by molar-refractivity contribution is 0.188. The maximum Gasteiger partial charge on any atom is 0.404 e. The second kappa shape index (κ2) is 8.40. The van der Waals surface area contributed by atoms with Crippen molar-refractivity contribution < 1.29 is 9.90 Å². The van der Waals surface area contributed by atoms with E-state index in [0.29, 0.717) is 18.5 Å². The first-order valence-electron chi connectivity index (χ1n) is 8.96. The van der Waals surface area contributed by atoms with E-state index in [9.17, 15) is 9.90 Å². The Kier molecular flexibility index (Phi) is 5.76. The van der Waals surface area contributed by atoms with Gasteiger partial charge < -0.3 is 21.5 Å². The number of para-hydroxylation sites is 1. The Labute approximate surface area is 158 Å². The van der Waals surface area contributed by atoms with Gasteiger partial charge in [0.05, 0.1) is 23.1 Å². The molecule has 0 fully saturated rings. The van der Waals surface area contributed by atoms with Crippen LogP contribution in [0.3, 0.4) is 0 Å². The zero-order chi connectivity index (χ0) is 19.2. The van der Waals surface area contributed by atoms with Crippen LogP contribution < -0.4 is 16.4 Å². The fourth-order valence-electron chi connectivity index (χ4n) is 3.32. The van der Waals surface area contributed by atoms with E-state index in [1.54, 1.807) is 6.20 Å². The smallest absolute Gasteiger partial charge is 0.404 e. The van der Waals surface area contributed by atoms with Crippen LogP contribution in [-0.4, -0.2) is 28.3 Å². The van der Waals surface area contributed by atoms with Gasteiger partial charge >= 0.3 is 6.09 Å². The molecule has 3 rings (SSSR count). The molecule has 0 bridgehead atoms. The van der Waals surface area contributed by atoms with E-state index in [1.165, 1.54) is 0 Å². The van der Waals surface area contributed by atoms with Crippen LogP contribution in [0.5, 0.6) is 0 Å². The quantitative estimate of drug-likeness (QED) is 0.510. The second-order valence-electron chi connectivity index (χ2n) is 6.72. The van der Waals surface area contributed by atoms with Gasteiger partial charge in [0.15, 0.2) is 0 Å². The second-order valence-corrected chi connectivity index (χ2v) is 6.72. The van der Waals surface area contributed by atoms with Crippen molar-refractivity contribution >= 4 is 28.4 Å². The predicted octanol–water partition coefficient (Wildman–Crippen LogP) is 3.89. The molecule has 6 nitrogen and oxygen atoms in total. The molecule has 0 saturated carbocycles. The van der Waals surface area contributed by atoms with Crippen LogP contribution in [0.25, 0.3) is 10.9 Å². The van der Waals surface area contributed by atoms with E-state index in [-0.39, 0.29) is 12.1 Å². The van der Waals surface area contributed by atoms with Crippen molar-refractivity contribution in [2.45, 2.75) is 31.8 Å². The molecule has 0 aliphatic rings. The number of aromatic nitrogens is 1. The van der Waals surface area contributed by atoms with Crippen molar-refractivity contribution in [3.8, 4) is 0 Å². The first-order valence-corrected chi connectivity index (χ1v) is 8.96. The van der Waals surface area contributed by atoms with Gasteiger partial charge in [0, 0.05) is 17.5 Å². The number of carboxylic acid groups (broad SMARTS) is 1. The molecule has 1 heterocycles. The molecule has 140 valence electrons. The minimum absolute atomic E-state index is 0.0127. The lowest BCUT2D eigenvalue weighted by atomic mass is 9.99. The number of amides is 1. The van der Waals surface area contributed by atoms with Gasteiger partial charge in [0.1, 0.15) is 0 Å². The lowest BCUT2D eigenvalue weighted by Gasteiger charge is -2.24. The highest BCUT2D eigenvalue weighted by atomic mass is 16.4. The molecular formula is C21H24N4O2. The molecule has 2 atom stereocenters. The zero-order valence-corrected chi connectivity index (χ0v) is 15.2. The highest BCUT2D eigenvalue weighted by Gasteiger charge is 2.17. The Balaban J connectivity index is 1.75. The van der Waals surface area contributed by atoms with Gasteiger partial charge in [-0.25, -0.2) is 4.79 Å². The fraction of sp³-hybridized carbons (Fsp3) is 0.238. The average Bonchev–Trinajstić information content (AvgIpc) is 2.64. The van der Waals surface area contributed by atoms with E-state index in [1.807, 2.05) is 61.5 Å². The van der Waals surface area contributed by atoms with Crippen LogP contribution in [0.1, 0.15) is 18.9 Å². The van der Waals surface area contributed by atoms with Crippen LogP contribution in [0, 0.1) is 0 Å². The molecule has 0 aliphatic heterocycles. The summed E-state index contributed by atoms with van der Waals surface area (Å²) in [6.07, 6.45) is 1.88. The van der Waals surface area contributed by atoms with Crippen molar-refractivity contribution in [3.05, 3.63) is 66.4 Å². The molecular weight excluding hydrogens is 340 g/mol. The Hall–Kier alpha value is -3.28. The van der Waals surface area contributed by atoms with E-state index < -0.39 is 6.09 Å². The number of nitrogens with zero attached hydrogens (tertiary/aromatic N) is 1. The molecule has 3 aromatic rings. The third-order valence-electron chi connectivity index (χ3n) is 4.49. The van der Waals surface area contributed by atoms with Crippen LogP contribution >= 0.6 is 0 Å². The number of nitrogens with two attached hydrogens (primary N) is 1. The predicted molar refractivity (Wildman–Crippen MR) is 109 cm³/mol.